The molecule has 17 heteroatoms. The maximum absolute atomic E-state index is 13.7. The summed E-state index contributed by atoms with van der Waals surface area (Å²) in [6.45, 7) is 1.16. The van der Waals surface area contributed by atoms with Crippen molar-refractivity contribution in [1.29, 1.82) is 0 Å². The number of carbonyl (C=O) groups is 1. The number of anilines is 1. The molecule has 0 amide bonds. The highest BCUT2D eigenvalue weighted by Crippen LogP contribution is 2.37. The van der Waals surface area contributed by atoms with Crippen LogP contribution in [0.15, 0.2) is 36.4 Å². The molecule has 0 unspecified atom stereocenters. The molecular formula is C26H23ClF7N7O2. The van der Waals surface area contributed by atoms with Crippen LogP contribution in [-0.4, -0.2) is 56.4 Å². The molecule has 43 heavy (non-hydrogen) atoms. The van der Waals surface area contributed by atoms with Crippen molar-refractivity contribution < 1.29 is 40.3 Å². The molecule has 2 aromatic carbocycles. The lowest BCUT2D eigenvalue weighted by molar-refractivity contribution is -0.144. The molecule has 0 aliphatic rings. The zero-order valence-corrected chi connectivity index (χ0v) is 23.5. The minimum absolute atomic E-state index is 0.0389. The van der Waals surface area contributed by atoms with Crippen LogP contribution in [0.5, 0.6) is 0 Å². The smallest absolute Gasteiger partial charge is 0.416 e. The summed E-state index contributed by atoms with van der Waals surface area (Å²) in [6, 6.07) is 4.95. The highest BCUT2D eigenvalue weighted by atomic mass is 35.5. The second-order valence-electron chi connectivity index (χ2n) is 9.47. The molecule has 0 saturated carbocycles. The van der Waals surface area contributed by atoms with Crippen LogP contribution in [0.25, 0.3) is 11.5 Å². The number of carbonyl (C=O) groups excluding carboxylic acids is 1. The third kappa shape index (κ3) is 7.24. The summed E-state index contributed by atoms with van der Waals surface area (Å²) in [5.74, 6) is -0.858. The Balaban J connectivity index is 1.82. The van der Waals surface area contributed by atoms with Gasteiger partial charge in [-0.1, -0.05) is 22.9 Å². The summed E-state index contributed by atoms with van der Waals surface area (Å²) in [5, 5.41) is 16.4. The van der Waals surface area contributed by atoms with Crippen LogP contribution in [0.3, 0.4) is 0 Å². The minimum atomic E-state index is -5.03. The maximum atomic E-state index is 13.7. The average Bonchev–Trinajstić information content (AvgIpc) is 3.48. The van der Waals surface area contributed by atoms with Gasteiger partial charge in [-0.15, -0.1) is 15.3 Å². The normalized spacial score (nSPS) is 12.1. The lowest BCUT2D eigenvalue weighted by Gasteiger charge is -2.18. The van der Waals surface area contributed by atoms with E-state index in [1.165, 1.54) is 21.6 Å². The number of hydrogen-bond donors (Lipinski definition) is 0. The van der Waals surface area contributed by atoms with Gasteiger partial charge >= 0.3 is 18.3 Å². The van der Waals surface area contributed by atoms with Crippen LogP contribution >= 0.6 is 11.6 Å². The predicted octanol–water partition coefficient (Wildman–Crippen LogP) is 5.63. The zero-order chi connectivity index (χ0) is 31.7. The van der Waals surface area contributed by atoms with Crippen LogP contribution in [0.1, 0.15) is 35.0 Å². The van der Waals surface area contributed by atoms with E-state index in [4.69, 9.17) is 16.3 Å². The summed E-state index contributed by atoms with van der Waals surface area (Å²) in [4.78, 5) is 13.8. The second kappa shape index (κ2) is 12.2. The molecule has 0 fully saturated rings. The number of hydrogen-bond acceptors (Lipinski definition) is 7. The number of rotatable bonds is 9. The molecule has 4 rings (SSSR count). The first kappa shape index (κ1) is 31.7. The van der Waals surface area contributed by atoms with Gasteiger partial charge in [-0.3, -0.25) is 4.79 Å². The molecule has 2 heterocycles. The van der Waals surface area contributed by atoms with Gasteiger partial charge in [0.05, 0.1) is 30.8 Å². The van der Waals surface area contributed by atoms with Gasteiger partial charge < -0.3 is 14.2 Å². The number of halogens is 8. The summed E-state index contributed by atoms with van der Waals surface area (Å²) in [6.07, 6.45) is -10.4. The first-order chi connectivity index (χ1) is 20.1. The van der Waals surface area contributed by atoms with E-state index in [1.807, 2.05) is 0 Å². The molecular weight excluding hydrogens is 611 g/mol. The van der Waals surface area contributed by atoms with Gasteiger partial charge in [-0.2, -0.15) is 26.3 Å². The Kier molecular flexibility index (Phi) is 8.99. The Bertz CT molecular complexity index is 1600. The first-order valence-electron chi connectivity index (χ1n) is 12.5. The third-order valence-electron chi connectivity index (χ3n) is 6.10. The van der Waals surface area contributed by atoms with E-state index in [-0.39, 0.29) is 59.4 Å². The number of aromatic nitrogens is 6. The number of benzene rings is 2. The Morgan fingerprint density at radius 1 is 0.953 bits per heavy atom. The Hall–Kier alpha value is -4.21. The zero-order valence-electron chi connectivity index (χ0n) is 22.8. The molecule has 0 bridgehead atoms. The van der Waals surface area contributed by atoms with Gasteiger partial charge in [0.2, 0.25) is 0 Å². The van der Waals surface area contributed by atoms with Crippen LogP contribution < -0.4 is 4.90 Å². The standard InChI is InChI=1S/C26H23ClF7N7O2/c1-4-43-21(42)11-20-35-37-23(40(20)13-15-5-6-18(28)10-19(15)27)22-24(39(2)3)41(38-36-22)12-14-7-16(25(29,30)31)9-17(8-14)26(32,33)34/h5-10H,4,11-13H2,1-3H3. The fourth-order valence-electron chi connectivity index (χ4n) is 4.25. The summed E-state index contributed by atoms with van der Waals surface area (Å²) >= 11 is 6.23. The molecule has 0 spiro atoms. The van der Waals surface area contributed by atoms with Crippen LogP contribution in [0.2, 0.25) is 5.02 Å². The van der Waals surface area contributed by atoms with Crippen molar-refractivity contribution in [3.05, 3.63) is 75.3 Å². The molecule has 4 aromatic rings. The van der Waals surface area contributed by atoms with Crippen LogP contribution in [0, 0.1) is 5.82 Å². The molecule has 0 aliphatic heterocycles. The average molecular weight is 634 g/mol. The second-order valence-corrected chi connectivity index (χ2v) is 9.88. The SMILES string of the molecule is CCOC(=O)Cc1nnc(-c2nnn(Cc3cc(C(F)(F)F)cc(C(F)(F)F)c3)c2N(C)C)n1Cc1ccc(F)cc1Cl. The highest BCUT2D eigenvalue weighted by molar-refractivity contribution is 6.31. The van der Waals surface area contributed by atoms with Crippen molar-refractivity contribution in [3.63, 3.8) is 0 Å². The third-order valence-corrected chi connectivity index (χ3v) is 6.45. The quantitative estimate of drug-likeness (QED) is 0.174. The molecule has 0 N–H and O–H groups in total. The monoisotopic (exact) mass is 633 g/mol. The van der Waals surface area contributed by atoms with Crippen molar-refractivity contribution in [2.45, 2.75) is 38.8 Å². The van der Waals surface area contributed by atoms with E-state index in [2.05, 4.69) is 20.5 Å². The van der Waals surface area contributed by atoms with E-state index in [0.29, 0.717) is 17.7 Å². The minimum Gasteiger partial charge on any atom is -0.466 e. The fourth-order valence-corrected chi connectivity index (χ4v) is 4.48. The molecule has 230 valence electrons. The van der Waals surface area contributed by atoms with Gasteiger partial charge in [-0.25, -0.2) is 9.07 Å². The van der Waals surface area contributed by atoms with E-state index in [9.17, 15) is 35.5 Å². The van der Waals surface area contributed by atoms with Gasteiger partial charge in [0.25, 0.3) is 0 Å². The Labute approximate surface area is 244 Å². The van der Waals surface area contributed by atoms with Crippen molar-refractivity contribution in [2.24, 2.45) is 0 Å². The predicted molar refractivity (Wildman–Crippen MR) is 140 cm³/mol. The van der Waals surface area contributed by atoms with Crippen molar-refractivity contribution in [2.75, 3.05) is 25.6 Å². The maximum Gasteiger partial charge on any atom is 0.416 e. The van der Waals surface area contributed by atoms with Gasteiger partial charge in [-0.05, 0) is 48.4 Å². The van der Waals surface area contributed by atoms with Crippen molar-refractivity contribution in [1.82, 2.24) is 29.8 Å². The molecule has 0 atom stereocenters. The molecule has 0 radical (unpaired) electrons. The summed E-state index contributed by atoms with van der Waals surface area (Å²) in [7, 11) is 3.12. The highest BCUT2D eigenvalue weighted by Gasteiger charge is 2.37. The lowest BCUT2D eigenvalue weighted by atomic mass is 10.0. The molecule has 9 nitrogen and oxygen atoms in total. The topological polar surface area (TPSA) is 91.0 Å². The molecule has 0 aliphatic carbocycles. The number of esters is 1. The molecule has 2 aromatic heterocycles. The van der Waals surface area contributed by atoms with E-state index in [0.717, 1.165) is 10.7 Å². The van der Waals surface area contributed by atoms with E-state index < -0.39 is 41.8 Å². The summed E-state index contributed by atoms with van der Waals surface area (Å²) in [5.41, 5.74) is -2.79. The van der Waals surface area contributed by atoms with Crippen LogP contribution in [-0.2, 0) is 41.4 Å². The van der Waals surface area contributed by atoms with Crippen LogP contribution in [0.4, 0.5) is 36.6 Å². The van der Waals surface area contributed by atoms with Gasteiger partial charge in [0, 0.05) is 19.1 Å². The number of nitrogens with zero attached hydrogens (tertiary/aromatic N) is 7. The molecule has 0 saturated heterocycles. The number of alkyl halides is 6. The first-order valence-corrected chi connectivity index (χ1v) is 12.9. The Morgan fingerprint density at radius 3 is 2.16 bits per heavy atom. The Morgan fingerprint density at radius 2 is 1.60 bits per heavy atom. The fraction of sp³-hybridized carbons (Fsp3) is 0.346. The van der Waals surface area contributed by atoms with E-state index in [1.54, 1.807) is 21.0 Å². The van der Waals surface area contributed by atoms with Gasteiger partial charge in [0.15, 0.2) is 17.3 Å². The largest absolute Gasteiger partial charge is 0.466 e. The van der Waals surface area contributed by atoms with E-state index >= 15 is 0 Å². The van der Waals surface area contributed by atoms with Crippen molar-refractivity contribution in [3.8, 4) is 11.5 Å². The van der Waals surface area contributed by atoms with Crippen molar-refractivity contribution >= 4 is 23.4 Å². The lowest BCUT2D eigenvalue weighted by Crippen LogP contribution is -2.18. The number of ether oxygens (including phenoxy) is 1. The van der Waals surface area contributed by atoms with Gasteiger partial charge in [0.1, 0.15) is 18.1 Å². The summed E-state index contributed by atoms with van der Waals surface area (Å²) < 4.78 is 102.